The third kappa shape index (κ3) is 8.51. The molecule has 0 unspecified atom stereocenters. The second-order valence-electron chi connectivity index (χ2n) is 7.51. The van der Waals surface area contributed by atoms with E-state index in [4.69, 9.17) is 18.6 Å². The normalized spacial score (nSPS) is 18.6. The summed E-state index contributed by atoms with van der Waals surface area (Å²) in [5, 5.41) is 9.99. The van der Waals surface area contributed by atoms with E-state index in [2.05, 4.69) is 20.3 Å². The largest absolute Gasteiger partial charge is 0.484 e. The van der Waals surface area contributed by atoms with E-state index in [0.717, 1.165) is 6.07 Å². The molecule has 1 aromatic heterocycles. The van der Waals surface area contributed by atoms with Crippen LogP contribution in [0.4, 0.5) is 30.7 Å². The van der Waals surface area contributed by atoms with E-state index in [1.807, 2.05) is 0 Å². The summed E-state index contributed by atoms with van der Waals surface area (Å²) < 4.78 is 113. The smallest absolute Gasteiger partial charge is 0.419 e. The minimum atomic E-state index is -4.84. The maximum absolute atomic E-state index is 13.6. The van der Waals surface area contributed by atoms with Gasteiger partial charge in [-0.1, -0.05) is 5.10 Å². The molecule has 2 aromatic rings. The highest BCUT2D eigenvalue weighted by Gasteiger charge is 2.34. The van der Waals surface area contributed by atoms with Crippen LogP contribution in [0.25, 0.3) is 0 Å². The fourth-order valence-electron chi connectivity index (χ4n) is 3.08. The summed E-state index contributed by atoms with van der Waals surface area (Å²) in [5.74, 6) is -2.27. The lowest BCUT2D eigenvalue weighted by molar-refractivity contribution is -0.175. The molecule has 0 bridgehead atoms. The van der Waals surface area contributed by atoms with Crippen LogP contribution in [0.5, 0.6) is 11.8 Å². The summed E-state index contributed by atoms with van der Waals surface area (Å²) in [6.45, 7) is -2.47. The van der Waals surface area contributed by atoms with Crippen molar-refractivity contribution in [3.05, 3.63) is 35.5 Å². The quantitative estimate of drug-likeness (QED) is 0.367. The van der Waals surface area contributed by atoms with Crippen LogP contribution in [0, 0.1) is 5.82 Å². The Balaban J connectivity index is 1.36. The number of rotatable bonds is 10. The number of carbonyl (C=O) groups is 1. The molecule has 0 spiro atoms. The van der Waals surface area contributed by atoms with Crippen LogP contribution in [-0.2, 0) is 20.4 Å². The molecule has 0 saturated carbocycles. The number of hydrogen-bond donors (Lipinski definition) is 1. The van der Waals surface area contributed by atoms with E-state index in [0.29, 0.717) is 25.0 Å². The van der Waals surface area contributed by atoms with Crippen molar-refractivity contribution in [2.24, 2.45) is 0 Å². The van der Waals surface area contributed by atoms with Gasteiger partial charge in [0.25, 0.3) is 5.91 Å². The Bertz CT molecular complexity index is 1010. The highest BCUT2D eigenvalue weighted by molar-refractivity contribution is 5.77. The molecular formula is C20H20F7N3O6. The van der Waals surface area contributed by atoms with E-state index < -0.39 is 55.0 Å². The van der Waals surface area contributed by atoms with Crippen LogP contribution in [-0.4, -0.2) is 61.4 Å². The van der Waals surface area contributed by atoms with Crippen molar-refractivity contribution in [1.82, 2.24) is 15.5 Å². The van der Waals surface area contributed by atoms with Crippen LogP contribution in [0.15, 0.2) is 22.6 Å². The fraction of sp³-hybridized carbons (Fsp3) is 0.550. The summed E-state index contributed by atoms with van der Waals surface area (Å²) in [6.07, 6.45) is -9.34. The van der Waals surface area contributed by atoms with Gasteiger partial charge in [0.15, 0.2) is 6.61 Å². The van der Waals surface area contributed by atoms with Gasteiger partial charge in [0.1, 0.15) is 30.9 Å². The van der Waals surface area contributed by atoms with Crippen LogP contribution in [0.2, 0.25) is 0 Å². The molecule has 1 aliphatic heterocycles. The summed E-state index contributed by atoms with van der Waals surface area (Å²) in [4.78, 5) is 12.1. The summed E-state index contributed by atoms with van der Waals surface area (Å²) >= 11 is 0. The molecule has 16 heteroatoms. The van der Waals surface area contributed by atoms with E-state index >= 15 is 0 Å². The molecule has 1 fully saturated rings. The number of nitrogens with zero attached hydrogens (tertiary/aromatic N) is 2. The van der Waals surface area contributed by atoms with E-state index in [9.17, 15) is 35.5 Å². The molecule has 1 amide bonds. The maximum atomic E-state index is 13.6. The van der Waals surface area contributed by atoms with Gasteiger partial charge in [-0.25, -0.2) is 4.39 Å². The molecule has 0 radical (unpaired) electrons. The molecule has 200 valence electrons. The Kier molecular flexibility index (Phi) is 8.94. The maximum Gasteiger partial charge on any atom is 0.419 e. The van der Waals surface area contributed by atoms with Crippen LogP contribution >= 0.6 is 0 Å². The van der Waals surface area contributed by atoms with E-state index in [-0.39, 0.29) is 37.5 Å². The number of ether oxygens (including phenoxy) is 4. The van der Waals surface area contributed by atoms with Gasteiger partial charge in [0.05, 0.1) is 24.8 Å². The first-order valence-corrected chi connectivity index (χ1v) is 10.4. The van der Waals surface area contributed by atoms with E-state index in [1.54, 1.807) is 0 Å². The third-order valence-corrected chi connectivity index (χ3v) is 4.67. The monoisotopic (exact) mass is 531 g/mol. The number of hydrogen-bond acceptors (Lipinski definition) is 8. The number of halogens is 7. The van der Waals surface area contributed by atoms with Gasteiger partial charge < -0.3 is 28.7 Å². The lowest BCUT2D eigenvalue weighted by Gasteiger charge is -2.27. The van der Waals surface area contributed by atoms with Crippen molar-refractivity contribution in [1.29, 1.82) is 0 Å². The number of benzene rings is 1. The van der Waals surface area contributed by atoms with Gasteiger partial charge in [-0.15, -0.1) is 5.10 Å². The van der Waals surface area contributed by atoms with Crippen molar-refractivity contribution in [3.63, 3.8) is 0 Å². The highest BCUT2D eigenvalue weighted by atomic mass is 19.4. The number of aromatic nitrogens is 2. The Morgan fingerprint density at radius 2 is 1.86 bits per heavy atom. The van der Waals surface area contributed by atoms with Crippen molar-refractivity contribution in [2.45, 2.75) is 37.3 Å². The molecular weight excluding hydrogens is 511 g/mol. The number of alkyl halides is 6. The number of carbonyl (C=O) groups excluding carboxylic acids is 1. The minimum absolute atomic E-state index is 0.0647. The highest BCUT2D eigenvalue weighted by Crippen LogP contribution is 2.33. The molecule has 1 N–H and O–H groups in total. The van der Waals surface area contributed by atoms with Crippen LogP contribution in [0.3, 0.4) is 0 Å². The number of amides is 1. The average molecular weight is 531 g/mol. The molecule has 1 aliphatic rings. The zero-order chi connectivity index (χ0) is 26.3. The Morgan fingerprint density at radius 1 is 1.08 bits per heavy atom. The Morgan fingerprint density at radius 3 is 2.50 bits per heavy atom. The molecule has 0 aliphatic carbocycles. The molecule has 36 heavy (non-hydrogen) atoms. The van der Waals surface area contributed by atoms with E-state index in [1.165, 1.54) is 0 Å². The fourth-order valence-corrected chi connectivity index (χ4v) is 3.08. The second kappa shape index (κ2) is 11.7. The second-order valence-corrected chi connectivity index (χ2v) is 7.51. The molecule has 1 saturated heterocycles. The van der Waals surface area contributed by atoms with Crippen LogP contribution in [0.1, 0.15) is 30.4 Å². The van der Waals surface area contributed by atoms with Gasteiger partial charge in [-0.3, -0.25) is 4.79 Å². The first-order chi connectivity index (χ1) is 16.9. The first kappa shape index (κ1) is 27.4. The Hall–Kier alpha value is -3.14. The minimum Gasteiger partial charge on any atom is -0.484 e. The predicted molar refractivity (Wildman–Crippen MR) is 103 cm³/mol. The summed E-state index contributed by atoms with van der Waals surface area (Å²) in [6, 6.07) is 1.56. The van der Waals surface area contributed by atoms with Crippen molar-refractivity contribution in [2.75, 3.05) is 33.0 Å². The number of nitrogens with one attached hydrogen (secondary N) is 1. The summed E-state index contributed by atoms with van der Waals surface area (Å²) in [5.41, 5.74) is -1.44. The van der Waals surface area contributed by atoms with Crippen molar-refractivity contribution in [3.8, 4) is 11.8 Å². The standard InChI is InChI=1S/C20H20F7N3O6/c21-14-7-12(2-3-13(14)20(25,26)27)34-9-16(31)28-11-1-4-15(35-8-11)17-29-30-18(36-17)33-6-5-32-10-19(22,23)24/h2-3,7,11,15H,1,4-6,8-10H2,(H,28,31)/t11-,15+/m0/s1. The summed E-state index contributed by atoms with van der Waals surface area (Å²) in [7, 11) is 0. The van der Waals surface area contributed by atoms with Crippen LogP contribution < -0.4 is 14.8 Å². The van der Waals surface area contributed by atoms with Crippen molar-refractivity contribution < 1.29 is 58.9 Å². The molecule has 2 heterocycles. The predicted octanol–water partition coefficient (Wildman–Crippen LogP) is 3.60. The SMILES string of the molecule is O=C(COc1ccc(C(F)(F)F)c(F)c1)N[C@H]1CC[C@H](c2nnc(OCCOCC(F)(F)F)o2)OC1. The topological polar surface area (TPSA) is 105 Å². The molecule has 3 rings (SSSR count). The van der Waals surface area contributed by atoms with Gasteiger partial charge in [-0.05, 0) is 25.0 Å². The lowest BCUT2D eigenvalue weighted by Crippen LogP contribution is -2.43. The lowest BCUT2D eigenvalue weighted by atomic mass is 10.1. The van der Waals surface area contributed by atoms with Crippen molar-refractivity contribution >= 4 is 5.91 Å². The first-order valence-electron chi connectivity index (χ1n) is 10.4. The van der Waals surface area contributed by atoms with Gasteiger partial charge in [0, 0.05) is 6.07 Å². The zero-order valence-corrected chi connectivity index (χ0v) is 18.3. The zero-order valence-electron chi connectivity index (χ0n) is 18.3. The van der Waals surface area contributed by atoms with Gasteiger partial charge in [0.2, 0.25) is 5.89 Å². The molecule has 2 atom stereocenters. The Labute approximate surface area is 198 Å². The molecule has 1 aromatic carbocycles. The third-order valence-electron chi connectivity index (χ3n) is 4.67. The van der Waals surface area contributed by atoms with Gasteiger partial charge in [-0.2, -0.15) is 26.3 Å². The molecule has 9 nitrogen and oxygen atoms in total. The average Bonchev–Trinajstić information content (AvgIpc) is 3.25. The van der Waals surface area contributed by atoms with Gasteiger partial charge >= 0.3 is 18.4 Å².